The Morgan fingerprint density at radius 1 is 1.56 bits per heavy atom. The van der Waals surface area contributed by atoms with Crippen molar-refractivity contribution in [3.05, 3.63) is 28.0 Å². The van der Waals surface area contributed by atoms with Crippen molar-refractivity contribution in [3.63, 3.8) is 0 Å². The van der Waals surface area contributed by atoms with Crippen LogP contribution >= 0.6 is 15.9 Å². The van der Waals surface area contributed by atoms with Crippen LogP contribution in [0.25, 0.3) is 0 Å². The lowest BCUT2D eigenvalue weighted by Crippen LogP contribution is -2.39. The molecule has 0 heterocycles. The second-order valence-corrected chi connectivity index (χ2v) is 3.99. The first-order chi connectivity index (χ1) is 7.40. The van der Waals surface area contributed by atoms with Gasteiger partial charge in [-0.25, -0.2) is 9.18 Å². The van der Waals surface area contributed by atoms with Gasteiger partial charge in [0.2, 0.25) is 0 Å². The lowest BCUT2D eigenvalue weighted by Gasteiger charge is -2.10. The Morgan fingerprint density at radius 2 is 2.19 bits per heavy atom. The lowest BCUT2D eigenvalue weighted by atomic mass is 10.2. The van der Waals surface area contributed by atoms with Gasteiger partial charge in [0.1, 0.15) is 5.82 Å². The molecule has 0 spiro atoms. The van der Waals surface area contributed by atoms with Gasteiger partial charge >= 0.3 is 6.03 Å². The van der Waals surface area contributed by atoms with E-state index in [0.29, 0.717) is 10.0 Å². The van der Waals surface area contributed by atoms with Gasteiger partial charge in [-0.1, -0.05) is 15.9 Å². The number of hydrogen-bond donors (Lipinski definition) is 4. The molecule has 0 aliphatic rings. The number of aryl methyl sites for hydroxylation is 1. The summed E-state index contributed by atoms with van der Waals surface area (Å²) in [7, 11) is 0. The van der Waals surface area contributed by atoms with Gasteiger partial charge in [0.15, 0.2) is 5.96 Å². The zero-order valence-corrected chi connectivity index (χ0v) is 9.98. The van der Waals surface area contributed by atoms with E-state index in [4.69, 9.17) is 11.1 Å². The maximum Gasteiger partial charge on any atom is 0.326 e. The fourth-order valence-electron chi connectivity index (χ4n) is 1.13. The number of guanidine groups is 1. The Bertz CT molecular complexity index is 426. The van der Waals surface area contributed by atoms with E-state index in [9.17, 15) is 9.18 Å². The van der Waals surface area contributed by atoms with Gasteiger partial charge in [0.25, 0.3) is 0 Å². The van der Waals surface area contributed by atoms with Gasteiger partial charge in [0, 0.05) is 4.47 Å². The fourth-order valence-corrected chi connectivity index (χ4v) is 1.67. The molecule has 0 saturated heterocycles. The summed E-state index contributed by atoms with van der Waals surface area (Å²) in [4.78, 5) is 11.2. The highest BCUT2D eigenvalue weighted by molar-refractivity contribution is 9.10. The maximum atomic E-state index is 13.5. The van der Waals surface area contributed by atoms with E-state index in [1.165, 1.54) is 6.07 Å². The topological polar surface area (TPSA) is 91.0 Å². The predicted octanol–water partition coefficient (Wildman–Crippen LogP) is 1.91. The fraction of sp³-hybridized carbons (Fsp3) is 0.111. The third-order valence-corrected chi connectivity index (χ3v) is 2.20. The van der Waals surface area contributed by atoms with Gasteiger partial charge in [-0.15, -0.1) is 0 Å². The van der Waals surface area contributed by atoms with Crippen LogP contribution in [0.5, 0.6) is 0 Å². The molecule has 5 N–H and O–H groups in total. The SMILES string of the molecule is Cc1cc(Br)cc(F)c1NC(=O)NC(=N)N. The van der Waals surface area contributed by atoms with Crippen molar-refractivity contribution in [2.45, 2.75) is 6.92 Å². The minimum absolute atomic E-state index is 0.0574. The van der Waals surface area contributed by atoms with Crippen LogP contribution in [-0.4, -0.2) is 12.0 Å². The molecule has 5 nitrogen and oxygen atoms in total. The summed E-state index contributed by atoms with van der Waals surface area (Å²) in [6, 6.07) is 2.14. The molecular formula is C9H10BrFN4O. The van der Waals surface area contributed by atoms with Crippen molar-refractivity contribution in [2.75, 3.05) is 5.32 Å². The normalized spacial score (nSPS) is 9.69. The number of nitrogens with one attached hydrogen (secondary N) is 3. The molecule has 0 aromatic heterocycles. The number of urea groups is 1. The molecule has 1 aromatic carbocycles. The molecule has 86 valence electrons. The molecule has 0 bridgehead atoms. The average Bonchev–Trinajstić information content (AvgIpc) is 2.09. The number of nitrogens with two attached hydrogens (primary N) is 1. The Kier molecular flexibility index (Phi) is 3.83. The third kappa shape index (κ3) is 3.20. The summed E-state index contributed by atoms with van der Waals surface area (Å²) in [5, 5.41) is 11.1. The number of carbonyl (C=O) groups is 1. The molecule has 16 heavy (non-hydrogen) atoms. The summed E-state index contributed by atoms with van der Waals surface area (Å²) in [6.07, 6.45) is 0. The second kappa shape index (κ2) is 4.93. The number of halogens is 2. The first-order valence-corrected chi connectivity index (χ1v) is 5.07. The van der Waals surface area contributed by atoms with Crippen LogP contribution in [0.2, 0.25) is 0 Å². The molecule has 2 amide bonds. The van der Waals surface area contributed by atoms with Crippen molar-refractivity contribution in [1.29, 1.82) is 5.41 Å². The molecule has 0 fully saturated rings. The number of hydrogen-bond acceptors (Lipinski definition) is 2. The van der Waals surface area contributed by atoms with Crippen molar-refractivity contribution in [2.24, 2.45) is 5.73 Å². The summed E-state index contributed by atoms with van der Waals surface area (Å²) in [6.45, 7) is 1.65. The van der Waals surface area contributed by atoms with E-state index in [1.807, 2.05) is 5.32 Å². The first kappa shape index (κ1) is 12.4. The monoisotopic (exact) mass is 288 g/mol. The molecule has 0 unspecified atom stereocenters. The Balaban J connectivity index is 2.89. The first-order valence-electron chi connectivity index (χ1n) is 4.28. The van der Waals surface area contributed by atoms with Gasteiger partial charge in [-0.05, 0) is 24.6 Å². The Hall–Kier alpha value is -1.63. The minimum atomic E-state index is -0.753. The number of carbonyl (C=O) groups excluding carboxylic acids is 1. The van der Waals surface area contributed by atoms with Crippen LogP contribution in [0.3, 0.4) is 0 Å². The molecule has 0 radical (unpaired) electrons. The summed E-state index contributed by atoms with van der Waals surface area (Å²) in [5.74, 6) is -1.07. The molecule has 0 aliphatic carbocycles. The highest BCUT2D eigenvalue weighted by Gasteiger charge is 2.10. The van der Waals surface area contributed by atoms with Crippen LogP contribution in [0.15, 0.2) is 16.6 Å². The molecule has 0 saturated carbocycles. The number of amides is 2. The van der Waals surface area contributed by atoms with Crippen molar-refractivity contribution in [3.8, 4) is 0 Å². The standard InChI is InChI=1S/C9H10BrFN4O/c1-4-2-5(10)3-6(11)7(4)14-9(16)15-8(12)13/h2-3H,1H3,(H5,12,13,14,15,16). The third-order valence-electron chi connectivity index (χ3n) is 1.74. The van der Waals surface area contributed by atoms with Crippen molar-refractivity contribution >= 4 is 33.6 Å². The van der Waals surface area contributed by atoms with Gasteiger partial charge < -0.3 is 11.1 Å². The number of rotatable bonds is 1. The zero-order chi connectivity index (χ0) is 12.3. The second-order valence-electron chi connectivity index (χ2n) is 3.07. The summed E-state index contributed by atoms with van der Waals surface area (Å²) >= 11 is 3.13. The molecule has 1 rings (SSSR count). The smallest absolute Gasteiger partial charge is 0.326 e. The van der Waals surface area contributed by atoms with E-state index in [1.54, 1.807) is 13.0 Å². The number of anilines is 1. The van der Waals surface area contributed by atoms with Gasteiger partial charge in [-0.2, -0.15) is 0 Å². The molecular weight excluding hydrogens is 279 g/mol. The van der Waals surface area contributed by atoms with Gasteiger partial charge in [0.05, 0.1) is 5.69 Å². The molecule has 0 aliphatic heterocycles. The number of benzene rings is 1. The molecule has 7 heteroatoms. The predicted molar refractivity (Wildman–Crippen MR) is 62.9 cm³/mol. The van der Waals surface area contributed by atoms with Gasteiger partial charge in [-0.3, -0.25) is 10.7 Å². The van der Waals surface area contributed by atoms with E-state index < -0.39 is 17.8 Å². The summed E-state index contributed by atoms with van der Waals surface area (Å²) < 4.78 is 14.0. The van der Waals surface area contributed by atoms with Crippen molar-refractivity contribution in [1.82, 2.24) is 5.32 Å². The Morgan fingerprint density at radius 3 is 2.69 bits per heavy atom. The van der Waals surface area contributed by atoms with Crippen LogP contribution in [0.1, 0.15) is 5.56 Å². The molecule has 0 atom stereocenters. The largest absolute Gasteiger partial charge is 0.370 e. The molecule has 1 aromatic rings. The van der Waals surface area contributed by atoms with Crippen LogP contribution in [0, 0.1) is 18.2 Å². The Labute approximate surface area is 99.8 Å². The quantitative estimate of drug-likeness (QED) is 0.470. The van der Waals surface area contributed by atoms with Crippen LogP contribution in [0.4, 0.5) is 14.9 Å². The maximum absolute atomic E-state index is 13.5. The van der Waals surface area contributed by atoms with E-state index in [2.05, 4.69) is 21.2 Å². The van der Waals surface area contributed by atoms with Crippen LogP contribution < -0.4 is 16.4 Å². The van der Waals surface area contributed by atoms with E-state index in [0.717, 1.165) is 0 Å². The van der Waals surface area contributed by atoms with Crippen molar-refractivity contribution < 1.29 is 9.18 Å². The zero-order valence-electron chi connectivity index (χ0n) is 8.40. The highest BCUT2D eigenvalue weighted by Crippen LogP contribution is 2.24. The highest BCUT2D eigenvalue weighted by atomic mass is 79.9. The average molecular weight is 289 g/mol. The van der Waals surface area contributed by atoms with E-state index in [-0.39, 0.29) is 5.69 Å². The lowest BCUT2D eigenvalue weighted by molar-refractivity contribution is 0.256. The minimum Gasteiger partial charge on any atom is -0.370 e. The van der Waals surface area contributed by atoms with Crippen LogP contribution in [-0.2, 0) is 0 Å². The van der Waals surface area contributed by atoms with E-state index >= 15 is 0 Å². The summed E-state index contributed by atoms with van der Waals surface area (Å²) in [5.41, 5.74) is 5.58.